The first kappa shape index (κ1) is 20.4. The van der Waals surface area contributed by atoms with Crippen molar-refractivity contribution in [3.05, 3.63) is 59.7 Å². The van der Waals surface area contributed by atoms with Gasteiger partial charge >= 0.3 is 12.1 Å². The van der Waals surface area contributed by atoms with Crippen LogP contribution in [0.2, 0.25) is 0 Å². The second kappa shape index (κ2) is 8.45. The van der Waals surface area contributed by atoms with Crippen LogP contribution in [0.1, 0.15) is 29.9 Å². The lowest BCUT2D eigenvalue weighted by atomic mass is 9.84. The fourth-order valence-corrected chi connectivity index (χ4v) is 4.56. The van der Waals surface area contributed by atoms with Crippen molar-refractivity contribution >= 4 is 12.1 Å². The van der Waals surface area contributed by atoms with Crippen molar-refractivity contribution in [2.45, 2.75) is 30.4 Å². The number of methoxy groups -OCH3 is 1. The van der Waals surface area contributed by atoms with Gasteiger partial charge in [0.25, 0.3) is 0 Å². The third-order valence-corrected chi connectivity index (χ3v) is 6.02. The summed E-state index contributed by atoms with van der Waals surface area (Å²) in [6.45, 7) is 0.724. The zero-order valence-electron chi connectivity index (χ0n) is 16.8. The molecule has 7 nitrogen and oxygen atoms in total. The van der Waals surface area contributed by atoms with E-state index in [0.29, 0.717) is 13.0 Å². The molecule has 1 fully saturated rings. The van der Waals surface area contributed by atoms with Crippen molar-refractivity contribution in [3.8, 4) is 11.1 Å². The Bertz CT molecular complexity index is 899. The van der Waals surface area contributed by atoms with Crippen LogP contribution in [-0.4, -0.2) is 55.7 Å². The molecule has 2 N–H and O–H groups in total. The van der Waals surface area contributed by atoms with Crippen LogP contribution in [0.25, 0.3) is 11.1 Å². The summed E-state index contributed by atoms with van der Waals surface area (Å²) in [6, 6.07) is 16.2. The molecule has 1 saturated heterocycles. The molecule has 30 heavy (non-hydrogen) atoms. The maximum absolute atomic E-state index is 12.7. The van der Waals surface area contributed by atoms with Crippen LogP contribution in [0.4, 0.5) is 4.79 Å². The van der Waals surface area contributed by atoms with Crippen LogP contribution in [0.5, 0.6) is 0 Å². The first-order valence-corrected chi connectivity index (χ1v) is 9.99. The van der Waals surface area contributed by atoms with E-state index in [1.54, 1.807) is 0 Å². The van der Waals surface area contributed by atoms with E-state index in [0.717, 1.165) is 22.3 Å². The predicted molar refractivity (Wildman–Crippen MR) is 109 cm³/mol. The minimum atomic E-state index is -1.07. The summed E-state index contributed by atoms with van der Waals surface area (Å²) < 4.78 is 16.4. The fourth-order valence-electron chi connectivity index (χ4n) is 4.56. The van der Waals surface area contributed by atoms with Gasteiger partial charge in [-0.25, -0.2) is 4.79 Å². The normalized spacial score (nSPS) is 22.8. The fraction of sp³-hybridized carbons (Fsp3) is 0.391. The van der Waals surface area contributed by atoms with Crippen LogP contribution in [0, 0.1) is 0 Å². The zero-order valence-corrected chi connectivity index (χ0v) is 16.8. The van der Waals surface area contributed by atoms with E-state index in [4.69, 9.17) is 14.2 Å². The van der Waals surface area contributed by atoms with Gasteiger partial charge in [0.05, 0.1) is 18.6 Å². The predicted octanol–water partition coefficient (Wildman–Crippen LogP) is 3.17. The Morgan fingerprint density at radius 1 is 1.13 bits per heavy atom. The van der Waals surface area contributed by atoms with E-state index in [9.17, 15) is 14.7 Å². The molecule has 1 amide bonds. The van der Waals surface area contributed by atoms with Gasteiger partial charge in [-0.15, -0.1) is 0 Å². The number of ether oxygens (including phenoxy) is 3. The number of hydrogen-bond donors (Lipinski definition) is 2. The van der Waals surface area contributed by atoms with Gasteiger partial charge in [0.15, 0.2) is 0 Å². The Morgan fingerprint density at radius 3 is 2.37 bits per heavy atom. The number of alkyl carbamates (subject to hydrolysis) is 1. The van der Waals surface area contributed by atoms with E-state index in [1.807, 2.05) is 36.4 Å². The molecular weight excluding hydrogens is 386 g/mol. The number of benzene rings is 2. The summed E-state index contributed by atoms with van der Waals surface area (Å²) in [4.78, 5) is 24.2. The molecule has 4 rings (SSSR count). The standard InChI is InChI=1S/C23H25NO6/c1-28-20-14-29-11-10-23(20,12-21(25)26)24-22(27)30-13-19-17-8-4-2-6-15(17)16-7-3-5-9-18(16)19/h2-9,19-20H,10-14H2,1H3,(H,24,27)(H,25,26). The molecule has 2 aromatic carbocycles. The molecule has 7 heteroatoms. The molecule has 158 valence electrons. The third kappa shape index (κ3) is 3.78. The smallest absolute Gasteiger partial charge is 0.407 e. The summed E-state index contributed by atoms with van der Waals surface area (Å²) in [7, 11) is 1.48. The summed E-state index contributed by atoms with van der Waals surface area (Å²) in [5, 5.41) is 12.2. The highest BCUT2D eigenvalue weighted by atomic mass is 16.6. The number of fused-ring (bicyclic) bond motifs is 3. The molecule has 2 atom stereocenters. The number of carboxylic acid groups (broad SMARTS) is 1. The van der Waals surface area contributed by atoms with Crippen molar-refractivity contribution < 1.29 is 28.9 Å². The van der Waals surface area contributed by atoms with Crippen LogP contribution in [0.3, 0.4) is 0 Å². The molecule has 1 aliphatic heterocycles. The molecule has 0 saturated carbocycles. The molecule has 1 heterocycles. The molecule has 2 unspecified atom stereocenters. The Hall–Kier alpha value is -2.90. The first-order chi connectivity index (χ1) is 14.5. The van der Waals surface area contributed by atoms with Gasteiger partial charge in [-0.2, -0.15) is 0 Å². The zero-order chi connectivity index (χ0) is 21.1. The highest BCUT2D eigenvalue weighted by Crippen LogP contribution is 2.44. The average Bonchev–Trinajstić information content (AvgIpc) is 3.06. The van der Waals surface area contributed by atoms with E-state index in [1.165, 1.54) is 7.11 Å². The van der Waals surface area contributed by atoms with E-state index in [2.05, 4.69) is 17.4 Å². The third-order valence-electron chi connectivity index (χ3n) is 6.02. The monoisotopic (exact) mass is 411 g/mol. The first-order valence-electron chi connectivity index (χ1n) is 9.99. The van der Waals surface area contributed by atoms with Crippen LogP contribution >= 0.6 is 0 Å². The number of nitrogens with one attached hydrogen (secondary N) is 1. The molecule has 2 aliphatic rings. The maximum atomic E-state index is 12.7. The van der Waals surface area contributed by atoms with Crippen molar-refractivity contribution in [1.29, 1.82) is 0 Å². The highest BCUT2D eigenvalue weighted by molar-refractivity contribution is 5.79. The highest BCUT2D eigenvalue weighted by Gasteiger charge is 2.45. The van der Waals surface area contributed by atoms with Crippen molar-refractivity contribution in [3.63, 3.8) is 0 Å². The molecule has 0 radical (unpaired) electrons. The second-order valence-electron chi connectivity index (χ2n) is 7.73. The Balaban J connectivity index is 1.50. The average molecular weight is 411 g/mol. The van der Waals surface area contributed by atoms with Gasteiger partial charge in [0.1, 0.15) is 12.7 Å². The Kier molecular flexibility index (Phi) is 5.74. The van der Waals surface area contributed by atoms with Crippen LogP contribution < -0.4 is 5.32 Å². The lowest BCUT2D eigenvalue weighted by Crippen LogP contribution is -2.62. The number of carbonyl (C=O) groups excluding carboxylic acids is 1. The van der Waals surface area contributed by atoms with Crippen molar-refractivity contribution in [2.24, 2.45) is 0 Å². The maximum Gasteiger partial charge on any atom is 0.407 e. The molecule has 0 spiro atoms. The molecule has 0 bridgehead atoms. The summed E-state index contributed by atoms with van der Waals surface area (Å²) in [5.41, 5.74) is 3.46. The summed E-state index contributed by atoms with van der Waals surface area (Å²) in [6.07, 6.45) is -1.15. The lowest BCUT2D eigenvalue weighted by molar-refractivity contribution is -0.145. The van der Waals surface area contributed by atoms with E-state index >= 15 is 0 Å². The Morgan fingerprint density at radius 2 is 1.77 bits per heavy atom. The second-order valence-corrected chi connectivity index (χ2v) is 7.73. The largest absolute Gasteiger partial charge is 0.481 e. The molecule has 2 aromatic rings. The van der Waals surface area contributed by atoms with Crippen LogP contribution in [0.15, 0.2) is 48.5 Å². The van der Waals surface area contributed by atoms with E-state index in [-0.39, 0.29) is 25.6 Å². The molecule has 0 aromatic heterocycles. The van der Waals surface area contributed by atoms with Crippen molar-refractivity contribution in [2.75, 3.05) is 26.9 Å². The topological polar surface area (TPSA) is 94.1 Å². The van der Waals surface area contributed by atoms with Gasteiger partial charge in [-0.3, -0.25) is 4.79 Å². The number of carboxylic acids is 1. The molecular formula is C23H25NO6. The van der Waals surface area contributed by atoms with Crippen molar-refractivity contribution in [1.82, 2.24) is 5.32 Å². The van der Waals surface area contributed by atoms with Gasteiger partial charge in [-0.05, 0) is 28.7 Å². The number of aliphatic carboxylic acids is 1. The van der Waals surface area contributed by atoms with Crippen LogP contribution in [-0.2, 0) is 19.0 Å². The quantitative estimate of drug-likeness (QED) is 0.758. The van der Waals surface area contributed by atoms with E-state index < -0.39 is 23.7 Å². The summed E-state index contributed by atoms with van der Waals surface area (Å²) >= 11 is 0. The molecule has 1 aliphatic carbocycles. The number of rotatable bonds is 6. The SMILES string of the molecule is COC1COCCC1(CC(=O)O)NC(=O)OCC1c2ccccc2-c2ccccc21. The van der Waals surface area contributed by atoms with Gasteiger partial charge in [0, 0.05) is 19.6 Å². The number of carbonyl (C=O) groups is 2. The number of hydrogen-bond acceptors (Lipinski definition) is 5. The minimum Gasteiger partial charge on any atom is -0.481 e. The van der Waals surface area contributed by atoms with Gasteiger partial charge < -0.3 is 24.6 Å². The lowest BCUT2D eigenvalue weighted by Gasteiger charge is -2.42. The summed E-state index contributed by atoms with van der Waals surface area (Å²) in [5.74, 6) is -1.08. The number of amides is 1. The Labute approximate surface area is 174 Å². The van der Waals surface area contributed by atoms with Gasteiger partial charge in [0.2, 0.25) is 0 Å². The minimum absolute atomic E-state index is 0.0634. The van der Waals surface area contributed by atoms with Gasteiger partial charge in [-0.1, -0.05) is 48.5 Å².